The Morgan fingerprint density at radius 2 is 2.15 bits per heavy atom. The van der Waals surface area contributed by atoms with Gasteiger partial charge in [0.2, 0.25) is 0 Å². The van der Waals surface area contributed by atoms with E-state index in [0.717, 1.165) is 18.4 Å². The number of benzene rings is 1. The van der Waals surface area contributed by atoms with Crippen LogP contribution in [0.1, 0.15) is 29.3 Å². The number of carboxylic acid groups (broad SMARTS) is 1. The Balaban J connectivity index is 0.00000144. The Hall–Kier alpha value is -0.310. The van der Waals surface area contributed by atoms with Crippen molar-refractivity contribution >= 4 is 5.97 Å². The van der Waals surface area contributed by atoms with Crippen molar-refractivity contribution in [2.24, 2.45) is 0 Å². The van der Waals surface area contributed by atoms with Gasteiger partial charge in [-0.05, 0) is 23.6 Å². The molecule has 0 fully saturated rings. The maximum absolute atomic E-state index is 10.4. The van der Waals surface area contributed by atoms with Crippen LogP contribution in [0.2, 0.25) is 0 Å². The predicted molar refractivity (Wildman–Crippen MR) is 44.8 cm³/mol. The molecule has 1 aromatic carbocycles. The zero-order valence-electron chi connectivity index (χ0n) is 8.04. The van der Waals surface area contributed by atoms with Gasteiger partial charge in [0.05, 0.1) is 5.97 Å². The number of carbonyl (C=O) groups excluding carboxylic acids is 1. The van der Waals surface area contributed by atoms with Crippen LogP contribution in [0.15, 0.2) is 24.3 Å². The molecule has 0 aliphatic heterocycles. The predicted octanol–water partition coefficient (Wildman–Crippen LogP) is -1.99. The summed E-state index contributed by atoms with van der Waals surface area (Å²) in [5.74, 6) is -1.10. The third kappa shape index (κ3) is 3.94. The van der Waals surface area contributed by atoms with Gasteiger partial charge in [-0.3, -0.25) is 0 Å². The second-order valence-electron chi connectivity index (χ2n) is 2.74. The molecular formula is C10H11NaO2. The first-order chi connectivity index (χ1) is 5.74. The van der Waals surface area contributed by atoms with Crippen LogP contribution in [-0.2, 0) is 6.42 Å². The van der Waals surface area contributed by atoms with Gasteiger partial charge in [-0.1, -0.05) is 31.5 Å². The minimum absolute atomic E-state index is 0. The molecule has 0 unspecified atom stereocenters. The molecule has 0 saturated carbocycles. The van der Waals surface area contributed by atoms with Gasteiger partial charge in [-0.15, -0.1) is 0 Å². The maximum atomic E-state index is 10.4. The Kier molecular flexibility index (Phi) is 6.04. The van der Waals surface area contributed by atoms with Crippen LogP contribution in [0.4, 0.5) is 0 Å². The van der Waals surface area contributed by atoms with E-state index in [4.69, 9.17) is 0 Å². The van der Waals surface area contributed by atoms with Crippen molar-refractivity contribution in [1.29, 1.82) is 0 Å². The van der Waals surface area contributed by atoms with E-state index in [0.29, 0.717) is 0 Å². The Morgan fingerprint density at radius 1 is 1.46 bits per heavy atom. The molecule has 0 aromatic heterocycles. The summed E-state index contributed by atoms with van der Waals surface area (Å²) >= 11 is 0. The molecule has 1 aromatic rings. The van der Waals surface area contributed by atoms with E-state index in [1.54, 1.807) is 18.2 Å². The average Bonchev–Trinajstić information content (AvgIpc) is 2.05. The summed E-state index contributed by atoms with van der Waals surface area (Å²) in [6, 6.07) is 6.89. The van der Waals surface area contributed by atoms with Crippen molar-refractivity contribution in [2.75, 3.05) is 0 Å². The fourth-order valence-corrected chi connectivity index (χ4v) is 1.14. The molecular weight excluding hydrogens is 175 g/mol. The van der Waals surface area contributed by atoms with E-state index in [1.807, 2.05) is 6.07 Å². The van der Waals surface area contributed by atoms with Crippen LogP contribution in [0, 0.1) is 0 Å². The van der Waals surface area contributed by atoms with E-state index in [-0.39, 0.29) is 35.1 Å². The van der Waals surface area contributed by atoms with Crippen LogP contribution < -0.4 is 34.7 Å². The van der Waals surface area contributed by atoms with E-state index in [1.165, 1.54) is 0 Å². The van der Waals surface area contributed by atoms with Crippen molar-refractivity contribution in [3.05, 3.63) is 35.4 Å². The van der Waals surface area contributed by atoms with Gasteiger partial charge in [-0.2, -0.15) is 0 Å². The summed E-state index contributed by atoms with van der Waals surface area (Å²) in [5, 5.41) is 10.4. The Bertz CT molecular complexity index is 284. The van der Waals surface area contributed by atoms with Crippen molar-refractivity contribution < 1.29 is 39.5 Å². The third-order valence-electron chi connectivity index (χ3n) is 1.70. The van der Waals surface area contributed by atoms with Gasteiger partial charge in [0.25, 0.3) is 0 Å². The molecule has 0 radical (unpaired) electrons. The fourth-order valence-electron chi connectivity index (χ4n) is 1.14. The number of carbonyl (C=O) groups is 1. The van der Waals surface area contributed by atoms with Crippen molar-refractivity contribution in [3.63, 3.8) is 0 Å². The molecule has 0 aliphatic carbocycles. The van der Waals surface area contributed by atoms with E-state index < -0.39 is 5.97 Å². The molecule has 2 nitrogen and oxygen atoms in total. The second-order valence-corrected chi connectivity index (χ2v) is 2.74. The quantitative estimate of drug-likeness (QED) is 0.513. The molecule has 0 saturated heterocycles. The zero-order chi connectivity index (χ0) is 8.97. The van der Waals surface area contributed by atoms with Crippen molar-refractivity contribution in [3.8, 4) is 0 Å². The molecule has 3 heteroatoms. The number of hydrogen-bond donors (Lipinski definition) is 0. The monoisotopic (exact) mass is 186 g/mol. The first-order valence-corrected chi connectivity index (χ1v) is 4.04. The fraction of sp³-hybridized carbons (Fsp3) is 0.300. The summed E-state index contributed by atoms with van der Waals surface area (Å²) in [4.78, 5) is 10.4. The number of aromatic carboxylic acids is 1. The number of aryl methyl sites for hydroxylation is 1. The maximum Gasteiger partial charge on any atom is 1.00 e. The first-order valence-electron chi connectivity index (χ1n) is 4.04. The minimum Gasteiger partial charge on any atom is -0.545 e. The summed E-state index contributed by atoms with van der Waals surface area (Å²) in [5.41, 5.74) is 1.32. The smallest absolute Gasteiger partial charge is 0.545 e. The van der Waals surface area contributed by atoms with Crippen LogP contribution in [0.5, 0.6) is 0 Å². The summed E-state index contributed by atoms with van der Waals surface area (Å²) in [6.45, 7) is 2.06. The van der Waals surface area contributed by atoms with Crippen LogP contribution in [-0.4, -0.2) is 5.97 Å². The Labute approximate surface area is 100 Å². The molecule has 0 atom stereocenters. The minimum atomic E-state index is -1.10. The molecule has 64 valence electrons. The van der Waals surface area contributed by atoms with E-state index in [2.05, 4.69) is 6.92 Å². The van der Waals surface area contributed by atoms with Crippen LogP contribution >= 0.6 is 0 Å². The molecule has 0 bridgehead atoms. The van der Waals surface area contributed by atoms with Gasteiger partial charge in [-0.25, -0.2) is 0 Å². The van der Waals surface area contributed by atoms with Crippen LogP contribution in [0.3, 0.4) is 0 Å². The first kappa shape index (κ1) is 12.7. The topological polar surface area (TPSA) is 40.1 Å². The third-order valence-corrected chi connectivity index (χ3v) is 1.70. The average molecular weight is 186 g/mol. The van der Waals surface area contributed by atoms with E-state index >= 15 is 0 Å². The molecule has 0 heterocycles. The normalized spacial score (nSPS) is 9.00. The molecule has 0 amide bonds. The molecule has 0 spiro atoms. The van der Waals surface area contributed by atoms with Gasteiger partial charge in [0.15, 0.2) is 0 Å². The molecule has 13 heavy (non-hydrogen) atoms. The largest absolute Gasteiger partial charge is 1.00 e. The zero-order valence-corrected chi connectivity index (χ0v) is 10.0. The molecule has 0 N–H and O–H groups in total. The standard InChI is InChI=1S/C10H12O2.Na/c1-2-4-8-5-3-6-9(7-8)10(11)12;/h3,5-7H,2,4H2,1H3,(H,11,12);/q;+1/p-1. The van der Waals surface area contributed by atoms with E-state index in [9.17, 15) is 9.90 Å². The van der Waals surface area contributed by atoms with Gasteiger partial charge in [0.1, 0.15) is 0 Å². The Morgan fingerprint density at radius 3 is 2.69 bits per heavy atom. The second kappa shape index (κ2) is 6.19. The van der Waals surface area contributed by atoms with Gasteiger partial charge in [0, 0.05) is 0 Å². The SMILES string of the molecule is CCCc1cccc(C(=O)[O-])c1.[Na+]. The van der Waals surface area contributed by atoms with Gasteiger partial charge >= 0.3 is 29.6 Å². The van der Waals surface area contributed by atoms with Gasteiger partial charge < -0.3 is 9.90 Å². The number of carboxylic acids is 1. The molecule has 1 rings (SSSR count). The van der Waals surface area contributed by atoms with Crippen molar-refractivity contribution in [1.82, 2.24) is 0 Å². The number of rotatable bonds is 3. The summed E-state index contributed by atoms with van der Waals surface area (Å²) in [6.07, 6.45) is 1.94. The molecule has 0 aliphatic rings. The number of hydrogen-bond acceptors (Lipinski definition) is 2. The summed E-state index contributed by atoms with van der Waals surface area (Å²) < 4.78 is 0. The summed E-state index contributed by atoms with van der Waals surface area (Å²) in [7, 11) is 0. The van der Waals surface area contributed by atoms with Crippen LogP contribution in [0.25, 0.3) is 0 Å². The van der Waals surface area contributed by atoms with Crippen molar-refractivity contribution in [2.45, 2.75) is 19.8 Å².